The van der Waals surface area contributed by atoms with Crippen molar-refractivity contribution in [2.45, 2.75) is 30.7 Å². The third-order valence-corrected chi connectivity index (χ3v) is 5.82. The van der Waals surface area contributed by atoms with Gasteiger partial charge >= 0.3 is 0 Å². The predicted molar refractivity (Wildman–Crippen MR) is 79.9 cm³/mol. The molecule has 1 aliphatic heterocycles. The molecule has 1 fully saturated rings. The highest BCUT2D eigenvalue weighted by Gasteiger charge is 2.28. The molecule has 1 unspecified atom stereocenters. The van der Waals surface area contributed by atoms with Crippen LogP contribution in [0.5, 0.6) is 0 Å². The van der Waals surface area contributed by atoms with Gasteiger partial charge in [0.25, 0.3) is 0 Å². The van der Waals surface area contributed by atoms with Gasteiger partial charge in [-0.25, -0.2) is 13.1 Å². The number of likely N-dealkylation sites (N-methyl/N-ethyl adjacent to an activating group) is 1. The molecule has 0 saturated carbocycles. The summed E-state index contributed by atoms with van der Waals surface area (Å²) in [5.41, 5.74) is 0.985. The average Bonchev–Trinajstić information content (AvgIpc) is 2.33. The Kier molecular flexibility index (Phi) is 4.51. The van der Waals surface area contributed by atoms with Crippen molar-refractivity contribution in [2.24, 2.45) is 0 Å². The minimum atomic E-state index is -3.58. The lowest BCUT2D eigenvalue weighted by Gasteiger charge is -2.30. The molecule has 0 aliphatic carbocycles. The first kappa shape index (κ1) is 15.5. The fourth-order valence-corrected chi connectivity index (χ4v) is 4.67. The number of likely N-dealkylation sites (tertiary alicyclic amines) is 1. The van der Waals surface area contributed by atoms with Crippen LogP contribution in [0.2, 0.25) is 0 Å². The number of piperidine rings is 1. The molecule has 1 saturated heterocycles. The first-order chi connectivity index (χ1) is 9.29. The molecule has 1 aliphatic rings. The molecule has 20 heavy (non-hydrogen) atoms. The number of carbonyl (C=O) groups is 1. The minimum Gasteiger partial charge on any atom is -0.344 e. The number of halogens is 1. The van der Waals surface area contributed by atoms with E-state index in [-0.39, 0.29) is 16.8 Å². The molecule has 0 radical (unpaired) electrons. The number of nitrogens with zero attached hydrogens (tertiary/aromatic N) is 1. The summed E-state index contributed by atoms with van der Waals surface area (Å²) in [6, 6.07) is 4.87. The summed E-state index contributed by atoms with van der Waals surface area (Å²) in [4.78, 5) is 13.2. The Labute approximate surface area is 127 Å². The number of carbonyl (C=O) groups excluding carboxylic acids is 1. The number of aryl methyl sites for hydroxylation is 1. The molecular weight excluding hydrogens is 344 g/mol. The first-order valence-electron chi connectivity index (χ1n) is 6.32. The summed E-state index contributed by atoms with van der Waals surface area (Å²) in [6.45, 7) is 2.30. The summed E-state index contributed by atoms with van der Waals surface area (Å²) < 4.78 is 28.0. The van der Waals surface area contributed by atoms with Gasteiger partial charge in [-0.15, -0.1) is 0 Å². The number of rotatable bonds is 3. The Morgan fingerprint density at radius 2 is 2.10 bits per heavy atom. The Hall–Kier alpha value is -0.920. The standard InChI is InChI=1S/C13H17BrN2O3S/c1-9-3-5-12(11(14)7-9)20(18,19)15-10-4-6-13(17)16(2)8-10/h3,5,7,10,15H,4,6,8H2,1-2H3. The summed E-state index contributed by atoms with van der Waals surface area (Å²) >= 11 is 3.29. The average molecular weight is 361 g/mol. The van der Waals surface area contributed by atoms with Crippen LogP contribution >= 0.6 is 15.9 Å². The molecule has 7 heteroatoms. The van der Waals surface area contributed by atoms with Crippen LogP contribution in [0.1, 0.15) is 18.4 Å². The number of nitrogens with one attached hydrogen (secondary N) is 1. The van der Waals surface area contributed by atoms with Crippen molar-refractivity contribution in [3.8, 4) is 0 Å². The molecule has 1 aromatic carbocycles. The van der Waals surface area contributed by atoms with E-state index in [0.29, 0.717) is 23.9 Å². The van der Waals surface area contributed by atoms with Gasteiger partial charge in [0.2, 0.25) is 15.9 Å². The quantitative estimate of drug-likeness (QED) is 0.891. The summed E-state index contributed by atoms with van der Waals surface area (Å²) in [6.07, 6.45) is 0.907. The molecule has 5 nitrogen and oxygen atoms in total. The number of benzene rings is 1. The lowest BCUT2D eigenvalue weighted by molar-refractivity contribution is -0.132. The third kappa shape index (κ3) is 3.39. The van der Waals surface area contributed by atoms with Gasteiger partial charge in [-0.2, -0.15) is 0 Å². The van der Waals surface area contributed by atoms with Gasteiger partial charge in [-0.05, 0) is 47.0 Å². The normalized spacial score (nSPS) is 20.2. The lowest BCUT2D eigenvalue weighted by Crippen LogP contribution is -2.48. The van der Waals surface area contributed by atoms with Gasteiger partial charge in [0, 0.05) is 30.5 Å². The third-order valence-electron chi connectivity index (χ3n) is 3.33. The maximum Gasteiger partial charge on any atom is 0.242 e. The van der Waals surface area contributed by atoms with Gasteiger partial charge < -0.3 is 4.90 Å². The molecule has 1 heterocycles. The van der Waals surface area contributed by atoms with Crippen molar-refractivity contribution >= 4 is 31.9 Å². The Balaban J connectivity index is 2.17. The zero-order valence-corrected chi connectivity index (χ0v) is 13.8. The highest BCUT2D eigenvalue weighted by Crippen LogP contribution is 2.24. The van der Waals surface area contributed by atoms with Crippen LogP contribution in [0.25, 0.3) is 0 Å². The first-order valence-corrected chi connectivity index (χ1v) is 8.59. The van der Waals surface area contributed by atoms with Crippen LogP contribution in [-0.2, 0) is 14.8 Å². The maximum absolute atomic E-state index is 12.4. The minimum absolute atomic E-state index is 0.0527. The van der Waals surface area contributed by atoms with Crippen molar-refractivity contribution in [1.82, 2.24) is 9.62 Å². The Morgan fingerprint density at radius 3 is 2.70 bits per heavy atom. The van der Waals surface area contributed by atoms with E-state index < -0.39 is 10.0 Å². The second-order valence-electron chi connectivity index (χ2n) is 5.07. The fourth-order valence-electron chi connectivity index (χ4n) is 2.22. The summed E-state index contributed by atoms with van der Waals surface area (Å²) in [5.74, 6) is 0.0527. The van der Waals surface area contributed by atoms with E-state index in [4.69, 9.17) is 0 Å². The van der Waals surface area contributed by atoms with Gasteiger partial charge in [0.05, 0.1) is 4.90 Å². The van der Waals surface area contributed by atoms with Gasteiger partial charge in [-0.1, -0.05) is 6.07 Å². The number of amides is 1. The molecule has 0 aromatic heterocycles. The molecule has 2 rings (SSSR count). The van der Waals surface area contributed by atoms with Gasteiger partial charge in [-0.3, -0.25) is 4.79 Å². The number of sulfonamides is 1. The second kappa shape index (κ2) is 5.83. The zero-order chi connectivity index (χ0) is 14.9. The molecule has 0 bridgehead atoms. The summed E-state index contributed by atoms with van der Waals surface area (Å²) in [5, 5.41) is 0. The maximum atomic E-state index is 12.4. The van der Waals surface area contributed by atoms with Crippen molar-refractivity contribution < 1.29 is 13.2 Å². The molecule has 110 valence electrons. The van der Waals surface area contributed by atoms with E-state index >= 15 is 0 Å². The van der Waals surface area contributed by atoms with Crippen LogP contribution in [0.15, 0.2) is 27.6 Å². The van der Waals surface area contributed by atoms with E-state index in [0.717, 1.165) is 5.56 Å². The van der Waals surface area contributed by atoms with E-state index in [9.17, 15) is 13.2 Å². The smallest absolute Gasteiger partial charge is 0.242 e. The lowest BCUT2D eigenvalue weighted by atomic mass is 10.1. The highest BCUT2D eigenvalue weighted by atomic mass is 79.9. The van der Waals surface area contributed by atoms with Crippen LogP contribution in [0.4, 0.5) is 0 Å². The Morgan fingerprint density at radius 1 is 1.40 bits per heavy atom. The molecule has 1 amide bonds. The highest BCUT2D eigenvalue weighted by molar-refractivity contribution is 9.10. The monoisotopic (exact) mass is 360 g/mol. The zero-order valence-electron chi connectivity index (χ0n) is 11.4. The van der Waals surface area contributed by atoms with E-state index in [1.807, 2.05) is 6.92 Å². The summed E-state index contributed by atoms with van der Waals surface area (Å²) in [7, 11) is -1.90. The number of hydrogen-bond donors (Lipinski definition) is 1. The predicted octanol–water partition coefficient (Wildman–Crippen LogP) is 1.66. The molecule has 0 spiro atoms. The van der Waals surface area contributed by atoms with Crippen LogP contribution in [0, 0.1) is 6.92 Å². The fraction of sp³-hybridized carbons (Fsp3) is 0.462. The van der Waals surface area contributed by atoms with E-state index in [1.54, 1.807) is 30.1 Å². The van der Waals surface area contributed by atoms with Crippen molar-refractivity contribution in [3.05, 3.63) is 28.2 Å². The topological polar surface area (TPSA) is 66.5 Å². The van der Waals surface area contributed by atoms with Crippen LogP contribution < -0.4 is 4.72 Å². The van der Waals surface area contributed by atoms with Crippen molar-refractivity contribution in [2.75, 3.05) is 13.6 Å². The molecular formula is C13H17BrN2O3S. The molecule has 1 atom stereocenters. The molecule has 1 aromatic rings. The van der Waals surface area contributed by atoms with E-state index in [1.165, 1.54) is 0 Å². The van der Waals surface area contributed by atoms with Crippen molar-refractivity contribution in [3.63, 3.8) is 0 Å². The van der Waals surface area contributed by atoms with Crippen LogP contribution in [0.3, 0.4) is 0 Å². The molecule has 1 N–H and O–H groups in total. The SMILES string of the molecule is Cc1ccc(S(=O)(=O)NC2CCC(=O)N(C)C2)c(Br)c1. The van der Waals surface area contributed by atoms with Crippen molar-refractivity contribution in [1.29, 1.82) is 0 Å². The second-order valence-corrected chi connectivity index (χ2v) is 7.60. The van der Waals surface area contributed by atoms with Gasteiger partial charge in [0.15, 0.2) is 0 Å². The number of hydrogen-bond acceptors (Lipinski definition) is 3. The Bertz CT molecular complexity index is 631. The largest absolute Gasteiger partial charge is 0.344 e. The van der Waals surface area contributed by atoms with E-state index in [2.05, 4.69) is 20.7 Å². The van der Waals surface area contributed by atoms with Gasteiger partial charge in [0.1, 0.15) is 0 Å². The van der Waals surface area contributed by atoms with Crippen LogP contribution in [-0.4, -0.2) is 38.9 Å².